The molecule has 0 fully saturated rings. The number of esters is 1. The number of aromatic nitrogens is 2. The number of ether oxygens (including phenoxy) is 1. The molecular weight excluding hydrogens is 382 g/mol. The number of nitrogens with two attached hydrogens (primary N) is 1. The third-order valence-electron chi connectivity index (χ3n) is 3.39. The van der Waals surface area contributed by atoms with Gasteiger partial charge in [0.1, 0.15) is 12.1 Å². The van der Waals surface area contributed by atoms with Gasteiger partial charge >= 0.3 is 17.5 Å². The molecule has 1 aromatic rings. The molecule has 14 heteroatoms. The van der Waals surface area contributed by atoms with Gasteiger partial charge in [0.05, 0.1) is 12.5 Å². The number of aromatic hydroxyl groups is 1. The van der Waals surface area contributed by atoms with Crippen molar-refractivity contribution in [2.45, 2.75) is 37.9 Å². The van der Waals surface area contributed by atoms with E-state index in [1.807, 2.05) is 10.4 Å². The van der Waals surface area contributed by atoms with Crippen molar-refractivity contribution in [3.05, 3.63) is 10.4 Å². The smallest absolute Gasteiger partial charge is 0.326 e. The van der Waals surface area contributed by atoms with E-state index in [0.717, 1.165) is 0 Å². The summed E-state index contributed by atoms with van der Waals surface area (Å²) in [6, 6.07) is -3.98. The lowest BCUT2D eigenvalue weighted by Crippen LogP contribution is -2.54. The molecule has 0 aromatic carbocycles. The number of hydrogen-bond acceptors (Lipinski definition) is 9. The van der Waals surface area contributed by atoms with Crippen LogP contribution in [-0.2, 0) is 19.2 Å². The summed E-state index contributed by atoms with van der Waals surface area (Å²) >= 11 is 0. The monoisotopic (exact) mass is 403 g/mol. The quantitative estimate of drug-likeness (QED) is 0.179. The molecule has 0 radical (unpaired) electrons. The van der Waals surface area contributed by atoms with Crippen LogP contribution in [0.5, 0.6) is 11.6 Å². The highest BCUT2D eigenvalue weighted by Crippen LogP contribution is 2.17. The topological polar surface area (TPSA) is 237 Å². The first-order chi connectivity index (χ1) is 13.1. The largest absolute Gasteiger partial charge is 0.499 e. The zero-order valence-electron chi connectivity index (χ0n) is 14.7. The van der Waals surface area contributed by atoms with E-state index in [-0.39, 0.29) is 6.42 Å². The number of carboxylic acid groups (broad SMARTS) is 1. The molecule has 28 heavy (non-hydrogen) atoms. The summed E-state index contributed by atoms with van der Waals surface area (Å²) in [6.45, 7) is 0.872. The van der Waals surface area contributed by atoms with Crippen LogP contribution in [0.25, 0.3) is 0 Å². The van der Waals surface area contributed by atoms with Crippen LogP contribution in [0, 0.1) is 0 Å². The SMILES string of the molecule is CC(N)C(=O)NC(CCO)C(=O)NC(CC(=O)Oc1[nH][nH]c(=O)c1O)C(=O)O. The molecule has 0 saturated heterocycles. The Kier molecular flexibility index (Phi) is 8.15. The number of aromatic amines is 2. The third-order valence-corrected chi connectivity index (χ3v) is 3.39. The number of carbonyl (C=O) groups excluding carboxylic acids is 3. The van der Waals surface area contributed by atoms with Gasteiger partial charge in [0, 0.05) is 6.61 Å². The molecule has 9 N–H and O–H groups in total. The molecule has 2 amide bonds. The van der Waals surface area contributed by atoms with Gasteiger partial charge in [-0.1, -0.05) is 0 Å². The fourth-order valence-corrected chi connectivity index (χ4v) is 1.90. The highest BCUT2D eigenvalue weighted by atomic mass is 16.5. The van der Waals surface area contributed by atoms with Gasteiger partial charge in [-0.05, 0) is 13.3 Å². The molecule has 0 bridgehead atoms. The molecule has 3 unspecified atom stereocenters. The van der Waals surface area contributed by atoms with Crippen LogP contribution in [0.15, 0.2) is 4.79 Å². The van der Waals surface area contributed by atoms with Crippen LogP contribution in [0.3, 0.4) is 0 Å². The molecule has 1 heterocycles. The number of carbonyl (C=O) groups is 4. The lowest BCUT2D eigenvalue weighted by atomic mass is 10.1. The van der Waals surface area contributed by atoms with Gasteiger partial charge in [0.2, 0.25) is 17.6 Å². The standard InChI is InChI=1S/C14H21N5O9/c1-5(15)10(23)16-6(2-3-20)11(24)17-7(14(26)27)4-8(21)28-13-9(22)12(25)18-19-13/h5-7,20,22H,2-4,15H2,1H3,(H,16,23)(H,17,24)(H,26,27)(H2,18,19,25). The normalized spacial score (nSPS) is 13.8. The Bertz CT molecular complexity index is 784. The van der Waals surface area contributed by atoms with Crippen molar-refractivity contribution >= 4 is 23.8 Å². The van der Waals surface area contributed by atoms with E-state index in [0.29, 0.717) is 0 Å². The molecule has 1 aromatic heterocycles. The van der Waals surface area contributed by atoms with E-state index in [1.54, 1.807) is 0 Å². The molecule has 0 aliphatic carbocycles. The highest BCUT2D eigenvalue weighted by molar-refractivity contribution is 5.92. The van der Waals surface area contributed by atoms with Gasteiger partial charge in [0.25, 0.3) is 5.88 Å². The number of aliphatic hydroxyl groups is 1. The van der Waals surface area contributed by atoms with E-state index in [1.165, 1.54) is 6.92 Å². The van der Waals surface area contributed by atoms with Crippen LogP contribution in [0.1, 0.15) is 19.8 Å². The second-order valence-electron chi connectivity index (χ2n) is 5.70. The molecule has 3 atom stereocenters. The number of aliphatic hydroxyl groups excluding tert-OH is 1. The van der Waals surface area contributed by atoms with Crippen LogP contribution in [0.2, 0.25) is 0 Å². The molecule has 0 aliphatic heterocycles. The maximum absolute atomic E-state index is 12.2. The minimum atomic E-state index is -1.75. The summed E-state index contributed by atoms with van der Waals surface area (Å²) < 4.78 is 4.62. The number of carboxylic acids is 1. The predicted octanol–water partition coefficient (Wildman–Crippen LogP) is -3.51. The fraction of sp³-hybridized carbons (Fsp3) is 0.500. The van der Waals surface area contributed by atoms with Crippen molar-refractivity contribution in [1.82, 2.24) is 20.8 Å². The van der Waals surface area contributed by atoms with Crippen molar-refractivity contribution in [2.75, 3.05) is 6.61 Å². The summed E-state index contributed by atoms with van der Waals surface area (Å²) in [6.07, 6.45) is -1.08. The molecular formula is C14H21N5O9. The Morgan fingerprint density at radius 2 is 1.75 bits per heavy atom. The number of amides is 2. The molecule has 1 rings (SSSR count). The average molecular weight is 403 g/mol. The van der Waals surface area contributed by atoms with E-state index in [4.69, 9.17) is 10.8 Å². The number of rotatable bonds is 10. The lowest BCUT2D eigenvalue weighted by Gasteiger charge is -2.21. The van der Waals surface area contributed by atoms with Crippen LogP contribution in [0.4, 0.5) is 0 Å². The van der Waals surface area contributed by atoms with Gasteiger partial charge in [-0.2, -0.15) is 0 Å². The Morgan fingerprint density at radius 3 is 2.21 bits per heavy atom. The lowest BCUT2D eigenvalue weighted by molar-refractivity contribution is -0.146. The number of aliphatic carboxylic acids is 1. The van der Waals surface area contributed by atoms with Crippen LogP contribution >= 0.6 is 0 Å². The van der Waals surface area contributed by atoms with Gasteiger partial charge in [0.15, 0.2) is 0 Å². The third kappa shape index (κ3) is 6.40. The summed E-state index contributed by atoms with van der Waals surface area (Å²) in [7, 11) is 0. The van der Waals surface area contributed by atoms with Crippen molar-refractivity contribution in [2.24, 2.45) is 5.73 Å². The minimum absolute atomic E-state index is 0.223. The first-order valence-electron chi connectivity index (χ1n) is 7.97. The van der Waals surface area contributed by atoms with E-state index in [9.17, 15) is 34.2 Å². The van der Waals surface area contributed by atoms with Crippen LogP contribution in [-0.4, -0.2) is 74.0 Å². The van der Waals surface area contributed by atoms with Crippen molar-refractivity contribution in [3.8, 4) is 11.6 Å². The fourth-order valence-electron chi connectivity index (χ4n) is 1.90. The van der Waals surface area contributed by atoms with Crippen molar-refractivity contribution < 1.29 is 39.2 Å². The van der Waals surface area contributed by atoms with Crippen molar-refractivity contribution in [1.29, 1.82) is 0 Å². The first kappa shape index (κ1) is 22.7. The number of hydrogen-bond donors (Lipinski definition) is 8. The maximum atomic E-state index is 12.2. The van der Waals surface area contributed by atoms with E-state index >= 15 is 0 Å². The Morgan fingerprint density at radius 1 is 1.14 bits per heavy atom. The van der Waals surface area contributed by atoms with Gasteiger partial charge in [-0.25, -0.2) is 4.79 Å². The molecule has 0 saturated carbocycles. The zero-order chi connectivity index (χ0) is 21.4. The predicted molar refractivity (Wildman–Crippen MR) is 90.2 cm³/mol. The Balaban J connectivity index is 2.78. The average Bonchev–Trinajstić information content (AvgIpc) is 2.92. The molecule has 0 aliphatic rings. The summed E-state index contributed by atoms with van der Waals surface area (Å²) in [5.41, 5.74) is 4.42. The highest BCUT2D eigenvalue weighted by Gasteiger charge is 2.29. The van der Waals surface area contributed by atoms with E-state index in [2.05, 4.69) is 15.2 Å². The summed E-state index contributed by atoms with van der Waals surface area (Å²) in [5, 5.41) is 35.8. The van der Waals surface area contributed by atoms with Crippen LogP contribution < -0.4 is 26.7 Å². The number of nitrogens with one attached hydrogen (secondary N) is 4. The Hall–Kier alpha value is -3.39. The van der Waals surface area contributed by atoms with Gasteiger partial charge in [-0.3, -0.25) is 29.4 Å². The zero-order valence-corrected chi connectivity index (χ0v) is 14.7. The molecule has 156 valence electrons. The maximum Gasteiger partial charge on any atom is 0.326 e. The first-order valence-corrected chi connectivity index (χ1v) is 7.97. The van der Waals surface area contributed by atoms with E-state index < -0.39 is 72.1 Å². The number of H-pyrrole nitrogens is 2. The minimum Gasteiger partial charge on any atom is -0.499 e. The van der Waals surface area contributed by atoms with Crippen molar-refractivity contribution in [3.63, 3.8) is 0 Å². The van der Waals surface area contributed by atoms with Gasteiger partial charge < -0.3 is 36.4 Å². The van der Waals surface area contributed by atoms with Gasteiger partial charge in [-0.15, -0.1) is 0 Å². The Labute approximate surface area is 157 Å². The summed E-state index contributed by atoms with van der Waals surface area (Å²) in [5.74, 6) is -5.97. The molecule has 0 spiro atoms. The second-order valence-corrected chi connectivity index (χ2v) is 5.70. The second kappa shape index (κ2) is 10.1. The molecule has 14 nitrogen and oxygen atoms in total. The summed E-state index contributed by atoms with van der Waals surface area (Å²) in [4.78, 5) is 58.0.